The van der Waals surface area contributed by atoms with Gasteiger partial charge in [0.05, 0.1) is 0 Å². The van der Waals surface area contributed by atoms with Crippen molar-refractivity contribution in [3.8, 4) is 22.6 Å². The summed E-state index contributed by atoms with van der Waals surface area (Å²) in [6.07, 6.45) is 0. The van der Waals surface area contributed by atoms with Crippen LogP contribution in [0.2, 0.25) is 0 Å². The van der Waals surface area contributed by atoms with Crippen LogP contribution in [0.5, 0.6) is 11.5 Å². The molecule has 0 aliphatic carbocycles. The maximum atomic E-state index is 5.62. The Bertz CT molecular complexity index is 570. The third-order valence-corrected chi connectivity index (χ3v) is 3.45. The molecule has 19 heavy (non-hydrogen) atoms. The smallest absolute Gasteiger partial charge is 0.161 e. The number of rotatable bonds is 2. The summed E-state index contributed by atoms with van der Waals surface area (Å²) in [5.41, 5.74) is 3.74. The molecule has 2 heteroatoms. The van der Waals surface area contributed by atoms with Gasteiger partial charge in [-0.15, -0.1) is 0 Å². The van der Waals surface area contributed by atoms with E-state index in [1.807, 2.05) is 6.07 Å². The van der Waals surface area contributed by atoms with E-state index in [1.54, 1.807) is 0 Å². The van der Waals surface area contributed by atoms with Crippen LogP contribution in [0, 0.1) is 0 Å². The highest BCUT2D eigenvalue weighted by atomic mass is 16.6. The predicted molar refractivity (Wildman–Crippen MR) is 77.0 cm³/mol. The molecule has 0 aromatic heterocycles. The summed E-state index contributed by atoms with van der Waals surface area (Å²) >= 11 is 0. The fraction of sp³-hybridized carbons (Fsp3) is 0.294. The largest absolute Gasteiger partial charge is 0.486 e. The highest BCUT2D eigenvalue weighted by molar-refractivity contribution is 5.67. The molecule has 3 rings (SSSR count). The van der Waals surface area contributed by atoms with E-state index in [-0.39, 0.29) is 0 Å². The van der Waals surface area contributed by atoms with Crippen LogP contribution >= 0.6 is 0 Å². The van der Waals surface area contributed by atoms with Gasteiger partial charge in [0.25, 0.3) is 0 Å². The summed E-state index contributed by atoms with van der Waals surface area (Å²) in [6.45, 7) is 5.68. The fourth-order valence-corrected chi connectivity index (χ4v) is 2.28. The van der Waals surface area contributed by atoms with E-state index in [9.17, 15) is 0 Å². The zero-order valence-corrected chi connectivity index (χ0v) is 11.3. The zero-order valence-electron chi connectivity index (χ0n) is 11.3. The Balaban J connectivity index is 1.93. The van der Waals surface area contributed by atoms with E-state index in [2.05, 4.69) is 50.2 Å². The molecule has 0 N–H and O–H groups in total. The molecule has 1 aliphatic heterocycles. The second-order valence-corrected chi connectivity index (χ2v) is 5.14. The standard InChI is InChI=1S/C17H18O2/c1-12(2)13-3-5-14(6-4-13)15-7-8-16-17(11-15)19-10-9-18-16/h3-8,11-12H,9-10H2,1-2H3. The molecule has 0 fully saturated rings. The van der Waals surface area contributed by atoms with Crippen molar-refractivity contribution >= 4 is 0 Å². The Hall–Kier alpha value is -1.96. The van der Waals surface area contributed by atoms with Gasteiger partial charge in [-0.25, -0.2) is 0 Å². The molecule has 0 atom stereocenters. The van der Waals surface area contributed by atoms with Gasteiger partial charge in [-0.2, -0.15) is 0 Å². The first-order valence-corrected chi connectivity index (χ1v) is 6.74. The van der Waals surface area contributed by atoms with Gasteiger partial charge in [0, 0.05) is 0 Å². The monoisotopic (exact) mass is 254 g/mol. The van der Waals surface area contributed by atoms with Crippen molar-refractivity contribution < 1.29 is 9.47 Å². The number of hydrogen-bond acceptors (Lipinski definition) is 2. The topological polar surface area (TPSA) is 18.5 Å². The van der Waals surface area contributed by atoms with Crippen LogP contribution in [-0.4, -0.2) is 13.2 Å². The first kappa shape index (κ1) is 12.1. The van der Waals surface area contributed by atoms with Gasteiger partial charge < -0.3 is 9.47 Å². The van der Waals surface area contributed by atoms with Gasteiger partial charge >= 0.3 is 0 Å². The molecule has 1 heterocycles. The molecular formula is C17H18O2. The molecular weight excluding hydrogens is 236 g/mol. The molecule has 0 spiro atoms. The summed E-state index contributed by atoms with van der Waals surface area (Å²) in [5, 5.41) is 0. The third kappa shape index (κ3) is 2.43. The third-order valence-electron chi connectivity index (χ3n) is 3.45. The molecule has 0 radical (unpaired) electrons. The van der Waals surface area contributed by atoms with Gasteiger partial charge in [-0.1, -0.05) is 44.2 Å². The van der Waals surface area contributed by atoms with Gasteiger partial charge in [-0.05, 0) is 34.7 Å². The lowest BCUT2D eigenvalue weighted by atomic mass is 9.98. The Kier molecular flexibility index (Phi) is 3.16. The Morgan fingerprint density at radius 2 is 1.42 bits per heavy atom. The van der Waals surface area contributed by atoms with Crippen LogP contribution in [0.25, 0.3) is 11.1 Å². The lowest BCUT2D eigenvalue weighted by Gasteiger charge is -2.19. The maximum absolute atomic E-state index is 5.62. The molecule has 2 aromatic rings. The first-order chi connectivity index (χ1) is 9.24. The van der Waals surface area contributed by atoms with E-state index < -0.39 is 0 Å². The Morgan fingerprint density at radius 3 is 2.11 bits per heavy atom. The van der Waals surface area contributed by atoms with E-state index >= 15 is 0 Å². The molecule has 0 saturated heterocycles. The number of fused-ring (bicyclic) bond motifs is 1. The number of hydrogen-bond donors (Lipinski definition) is 0. The molecule has 0 amide bonds. The van der Waals surface area contributed by atoms with Gasteiger partial charge in [-0.3, -0.25) is 0 Å². The molecule has 2 nitrogen and oxygen atoms in total. The van der Waals surface area contributed by atoms with Gasteiger partial charge in [0.2, 0.25) is 0 Å². The minimum atomic E-state index is 0.564. The predicted octanol–water partition coefficient (Wildman–Crippen LogP) is 4.25. The normalized spacial score (nSPS) is 13.6. The quantitative estimate of drug-likeness (QED) is 0.797. The van der Waals surface area contributed by atoms with Crippen molar-refractivity contribution in [2.75, 3.05) is 13.2 Å². The van der Waals surface area contributed by atoms with Crippen molar-refractivity contribution in [2.24, 2.45) is 0 Å². The summed E-state index contributed by atoms with van der Waals surface area (Å²) in [4.78, 5) is 0. The molecule has 0 bridgehead atoms. The highest BCUT2D eigenvalue weighted by Gasteiger charge is 2.12. The summed E-state index contributed by atoms with van der Waals surface area (Å²) in [6, 6.07) is 14.8. The van der Waals surface area contributed by atoms with Crippen LogP contribution in [0.15, 0.2) is 42.5 Å². The van der Waals surface area contributed by atoms with Crippen LogP contribution in [0.1, 0.15) is 25.3 Å². The van der Waals surface area contributed by atoms with E-state index in [4.69, 9.17) is 9.47 Å². The van der Waals surface area contributed by atoms with Crippen molar-refractivity contribution in [1.82, 2.24) is 0 Å². The fourth-order valence-electron chi connectivity index (χ4n) is 2.28. The molecule has 0 unspecified atom stereocenters. The highest BCUT2D eigenvalue weighted by Crippen LogP contribution is 2.34. The molecule has 98 valence electrons. The maximum Gasteiger partial charge on any atom is 0.161 e. The Labute approximate surface area is 114 Å². The van der Waals surface area contributed by atoms with E-state index in [0.717, 1.165) is 11.5 Å². The Morgan fingerprint density at radius 1 is 0.789 bits per heavy atom. The van der Waals surface area contributed by atoms with E-state index in [1.165, 1.54) is 16.7 Å². The number of ether oxygens (including phenoxy) is 2. The van der Waals surface area contributed by atoms with Crippen molar-refractivity contribution in [1.29, 1.82) is 0 Å². The average Bonchev–Trinajstić information content (AvgIpc) is 2.47. The molecule has 0 saturated carbocycles. The lowest BCUT2D eigenvalue weighted by molar-refractivity contribution is 0.171. The molecule has 2 aromatic carbocycles. The van der Waals surface area contributed by atoms with Crippen LogP contribution < -0.4 is 9.47 Å². The van der Waals surface area contributed by atoms with Crippen molar-refractivity contribution in [2.45, 2.75) is 19.8 Å². The molecule has 1 aliphatic rings. The zero-order chi connectivity index (χ0) is 13.2. The lowest BCUT2D eigenvalue weighted by Crippen LogP contribution is -2.15. The number of benzene rings is 2. The second-order valence-electron chi connectivity index (χ2n) is 5.14. The summed E-state index contributed by atoms with van der Waals surface area (Å²) in [5.74, 6) is 2.25. The van der Waals surface area contributed by atoms with Crippen molar-refractivity contribution in [3.63, 3.8) is 0 Å². The van der Waals surface area contributed by atoms with Crippen molar-refractivity contribution in [3.05, 3.63) is 48.0 Å². The van der Waals surface area contributed by atoms with Crippen LogP contribution in [-0.2, 0) is 0 Å². The van der Waals surface area contributed by atoms with Gasteiger partial charge in [0.15, 0.2) is 11.5 Å². The minimum Gasteiger partial charge on any atom is -0.486 e. The van der Waals surface area contributed by atoms with Crippen LogP contribution in [0.3, 0.4) is 0 Å². The average molecular weight is 254 g/mol. The minimum absolute atomic E-state index is 0.564. The van der Waals surface area contributed by atoms with Crippen LogP contribution in [0.4, 0.5) is 0 Å². The summed E-state index contributed by atoms with van der Waals surface area (Å²) < 4.78 is 11.2. The van der Waals surface area contributed by atoms with Gasteiger partial charge in [0.1, 0.15) is 13.2 Å². The second kappa shape index (κ2) is 4.96. The SMILES string of the molecule is CC(C)c1ccc(-c2ccc3c(c2)OCCO3)cc1. The summed E-state index contributed by atoms with van der Waals surface area (Å²) in [7, 11) is 0. The van der Waals surface area contributed by atoms with E-state index in [0.29, 0.717) is 19.1 Å². The first-order valence-electron chi connectivity index (χ1n) is 6.74.